The van der Waals surface area contributed by atoms with Gasteiger partial charge in [0.05, 0.1) is 16.6 Å². The zero-order valence-electron chi connectivity index (χ0n) is 13.1. The van der Waals surface area contributed by atoms with Crippen molar-refractivity contribution in [3.63, 3.8) is 0 Å². The standard InChI is InChI=1S/C18H17FN4/c1-22(2)9-10-23-16-8-7-12(19)11-13(16)17-18(23)21-15-6-4-3-5-14(15)20-17/h3-8,11H,9-10H2,1-2H3. The predicted molar refractivity (Wildman–Crippen MR) is 91.1 cm³/mol. The minimum Gasteiger partial charge on any atom is -0.323 e. The zero-order valence-corrected chi connectivity index (χ0v) is 13.1. The molecule has 2 aromatic heterocycles. The molecule has 0 N–H and O–H groups in total. The number of likely N-dealkylation sites (N-methyl/N-ethyl adjacent to an activating group) is 1. The van der Waals surface area contributed by atoms with Crippen molar-refractivity contribution in [2.45, 2.75) is 6.54 Å². The van der Waals surface area contributed by atoms with E-state index in [1.54, 1.807) is 6.07 Å². The van der Waals surface area contributed by atoms with Gasteiger partial charge in [0.2, 0.25) is 0 Å². The number of benzene rings is 2. The molecule has 0 atom stereocenters. The average Bonchev–Trinajstić information content (AvgIpc) is 2.83. The van der Waals surface area contributed by atoms with Crippen molar-refractivity contribution in [1.82, 2.24) is 19.4 Å². The summed E-state index contributed by atoms with van der Waals surface area (Å²) < 4.78 is 15.9. The average molecular weight is 308 g/mol. The maximum Gasteiger partial charge on any atom is 0.160 e. The highest BCUT2D eigenvalue weighted by atomic mass is 19.1. The van der Waals surface area contributed by atoms with Crippen LogP contribution in [0.25, 0.3) is 33.1 Å². The molecule has 0 saturated carbocycles. The van der Waals surface area contributed by atoms with Crippen LogP contribution in [0.4, 0.5) is 4.39 Å². The summed E-state index contributed by atoms with van der Waals surface area (Å²) >= 11 is 0. The van der Waals surface area contributed by atoms with Crippen molar-refractivity contribution < 1.29 is 4.39 Å². The number of rotatable bonds is 3. The van der Waals surface area contributed by atoms with E-state index in [0.29, 0.717) is 0 Å². The molecule has 0 saturated heterocycles. The lowest BCUT2D eigenvalue weighted by atomic mass is 10.2. The fourth-order valence-corrected chi connectivity index (χ4v) is 2.93. The number of aromatic nitrogens is 3. The van der Waals surface area contributed by atoms with E-state index >= 15 is 0 Å². The van der Waals surface area contributed by atoms with Crippen LogP contribution >= 0.6 is 0 Å². The summed E-state index contributed by atoms with van der Waals surface area (Å²) in [7, 11) is 4.07. The Hall–Kier alpha value is -2.53. The van der Waals surface area contributed by atoms with Gasteiger partial charge >= 0.3 is 0 Å². The summed E-state index contributed by atoms with van der Waals surface area (Å²) in [6.45, 7) is 1.66. The van der Waals surface area contributed by atoms with Gasteiger partial charge in [0.25, 0.3) is 0 Å². The minimum atomic E-state index is -0.251. The van der Waals surface area contributed by atoms with Crippen LogP contribution < -0.4 is 0 Å². The highest BCUT2D eigenvalue weighted by Gasteiger charge is 2.15. The summed E-state index contributed by atoms with van der Waals surface area (Å²) in [5, 5.41) is 0.817. The predicted octanol–water partition coefficient (Wildman–Crippen LogP) is 3.44. The largest absolute Gasteiger partial charge is 0.323 e. The zero-order chi connectivity index (χ0) is 16.0. The molecule has 4 nitrogen and oxygen atoms in total. The Balaban J connectivity index is 2.08. The van der Waals surface area contributed by atoms with E-state index in [1.165, 1.54) is 6.07 Å². The van der Waals surface area contributed by atoms with Crippen molar-refractivity contribution in [1.29, 1.82) is 0 Å². The summed E-state index contributed by atoms with van der Waals surface area (Å²) in [6, 6.07) is 12.6. The second kappa shape index (κ2) is 5.28. The van der Waals surface area contributed by atoms with Crippen LogP contribution in [-0.2, 0) is 6.54 Å². The van der Waals surface area contributed by atoms with E-state index in [1.807, 2.05) is 44.4 Å². The van der Waals surface area contributed by atoms with Crippen LogP contribution in [0.5, 0.6) is 0 Å². The van der Waals surface area contributed by atoms with E-state index in [2.05, 4.69) is 9.47 Å². The van der Waals surface area contributed by atoms with Crippen molar-refractivity contribution in [3.05, 3.63) is 48.3 Å². The van der Waals surface area contributed by atoms with Crippen molar-refractivity contribution in [3.8, 4) is 0 Å². The number of fused-ring (bicyclic) bond motifs is 4. The van der Waals surface area contributed by atoms with E-state index in [-0.39, 0.29) is 5.82 Å². The normalized spacial score (nSPS) is 12.0. The highest BCUT2D eigenvalue weighted by Crippen LogP contribution is 2.28. The molecule has 0 aliphatic rings. The molecule has 23 heavy (non-hydrogen) atoms. The summed E-state index contributed by atoms with van der Waals surface area (Å²) in [5.41, 5.74) is 4.23. The molecule has 4 aromatic rings. The lowest BCUT2D eigenvalue weighted by Crippen LogP contribution is -2.18. The Kier molecular flexibility index (Phi) is 3.23. The maximum atomic E-state index is 13.7. The maximum absolute atomic E-state index is 13.7. The monoisotopic (exact) mass is 308 g/mol. The smallest absolute Gasteiger partial charge is 0.160 e. The highest BCUT2D eigenvalue weighted by molar-refractivity contribution is 6.06. The molecule has 0 radical (unpaired) electrons. The first-order chi connectivity index (χ1) is 11.1. The quantitative estimate of drug-likeness (QED) is 0.581. The van der Waals surface area contributed by atoms with E-state index < -0.39 is 0 Å². The van der Waals surface area contributed by atoms with Gasteiger partial charge in [0, 0.05) is 18.5 Å². The third kappa shape index (κ3) is 2.33. The molecular formula is C18H17FN4. The SMILES string of the molecule is CN(C)CCn1c2ccc(F)cc2c2nc3ccccc3nc21. The van der Waals surface area contributed by atoms with Gasteiger partial charge in [-0.3, -0.25) is 0 Å². The first kappa shape index (κ1) is 14.1. The van der Waals surface area contributed by atoms with Gasteiger partial charge in [-0.25, -0.2) is 14.4 Å². The van der Waals surface area contributed by atoms with Gasteiger partial charge in [-0.15, -0.1) is 0 Å². The van der Waals surface area contributed by atoms with Gasteiger partial charge < -0.3 is 9.47 Å². The fraction of sp³-hybridized carbons (Fsp3) is 0.222. The van der Waals surface area contributed by atoms with Gasteiger partial charge in [0.1, 0.15) is 11.3 Å². The molecule has 2 aromatic carbocycles. The summed E-state index contributed by atoms with van der Waals surface area (Å²) in [4.78, 5) is 11.6. The lowest BCUT2D eigenvalue weighted by molar-refractivity contribution is 0.389. The van der Waals surface area contributed by atoms with Gasteiger partial charge in [0.15, 0.2) is 5.65 Å². The third-order valence-corrected chi connectivity index (χ3v) is 4.08. The lowest BCUT2D eigenvalue weighted by Gasteiger charge is -2.12. The number of hydrogen-bond acceptors (Lipinski definition) is 3. The molecular weight excluding hydrogens is 291 g/mol. The summed E-state index contributed by atoms with van der Waals surface area (Å²) in [5.74, 6) is -0.251. The number of para-hydroxylation sites is 2. The fourth-order valence-electron chi connectivity index (χ4n) is 2.93. The van der Waals surface area contributed by atoms with Crippen LogP contribution in [0.1, 0.15) is 0 Å². The van der Waals surface area contributed by atoms with Crippen LogP contribution in [0.3, 0.4) is 0 Å². The molecule has 0 amide bonds. The van der Waals surface area contributed by atoms with Crippen LogP contribution in [0.2, 0.25) is 0 Å². The van der Waals surface area contributed by atoms with Crippen LogP contribution in [-0.4, -0.2) is 40.1 Å². The topological polar surface area (TPSA) is 34.0 Å². The molecule has 0 spiro atoms. The second-order valence-corrected chi connectivity index (χ2v) is 6.00. The molecule has 2 heterocycles. The van der Waals surface area contributed by atoms with Crippen molar-refractivity contribution in [2.24, 2.45) is 0 Å². The van der Waals surface area contributed by atoms with Crippen LogP contribution in [0.15, 0.2) is 42.5 Å². The van der Waals surface area contributed by atoms with Crippen molar-refractivity contribution in [2.75, 3.05) is 20.6 Å². The molecule has 116 valence electrons. The molecule has 0 aliphatic carbocycles. The Morgan fingerprint density at radius 1 is 1.04 bits per heavy atom. The number of halogens is 1. The number of hydrogen-bond donors (Lipinski definition) is 0. The van der Waals surface area contributed by atoms with E-state index in [9.17, 15) is 4.39 Å². The molecule has 4 rings (SSSR count). The Morgan fingerprint density at radius 2 is 1.78 bits per heavy atom. The Bertz CT molecular complexity index is 1020. The molecule has 0 fully saturated rings. The minimum absolute atomic E-state index is 0.251. The molecule has 0 bridgehead atoms. The van der Waals surface area contributed by atoms with Gasteiger partial charge in [-0.2, -0.15) is 0 Å². The first-order valence-electron chi connectivity index (χ1n) is 7.62. The molecule has 0 unspecified atom stereocenters. The molecule has 5 heteroatoms. The van der Waals surface area contributed by atoms with E-state index in [4.69, 9.17) is 9.97 Å². The number of nitrogens with zero attached hydrogens (tertiary/aromatic N) is 4. The third-order valence-electron chi connectivity index (χ3n) is 4.08. The first-order valence-corrected chi connectivity index (χ1v) is 7.62. The Labute approximate surface area is 133 Å². The van der Waals surface area contributed by atoms with Gasteiger partial charge in [-0.1, -0.05) is 12.1 Å². The second-order valence-electron chi connectivity index (χ2n) is 6.00. The Morgan fingerprint density at radius 3 is 2.52 bits per heavy atom. The van der Waals surface area contributed by atoms with Crippen molar-refractivity contribution >= 4 is 33.1 Å². The van der Waals surface area contributed by atoms with Crippen LogP contribution in [0, 0.1) is 5.82 Å². The van der Waals surface area contributed by atoms with Gasteiger partial charge in [-0.05, 0) is 44.4 Å². The van der Waals surface area contributed by atoms with E-state index in [0.717, 1.165) is 46.2 Å². The molecule has 0 aliphatic heterocycles. The summed E-state index contributed by atoms with van der Waals surface area (Å²) in [6.07, 6.45) is 0.